The summed E-state index contributed by atoms with van der Waals surface area (Å²) in [6.07, 6.45) is 0.116. The van der Waals surface area contributed by atoms with Gasteiger partial charge in [-0.05, 0) is 36.8 Å². The zero-order valence-corrected chi connectivity index (χ0v) is 12.5. The minimum absolute atomic E-state index is 0.0665. The Morgan fingerprint density at radius 2 is 1.73 bits per heavy atom. The van der Waals surface area contributed by atoms with Gasteiger partial charge in [-0.2, -0.15) is 0 Å². The second-order valence-electron chi connectivity index (χ2n) is 4.69. The third-order valence-corrected chi connectivity index (χ3v) is 3.24. The molecule has 116 valence electrons. The highest BCUT2D eigenvalue weighted by molar-refractivity contribution is 6.00. The molecule has 0 fully saturated rings. The number of phenols is 2. The molecule has 0 aliphatic rings. The van der Waals surface area contributed by atoms with Crippen molar-refractivity contribution in [1.29, 1.82) is 0 Å². The standard InChI is InChI=1S/C17H18O5/c1-3-22-15-9-8-13(16(19)17(15)20)14(18)10-11-4-6-12(21-2)7-5-11/h4-9,19-20H,3,10H2,1-2H3. The fourth-order valence-electron chi connectivity index (χ4n) is 2.08. The molecule has 0 aliphatic heterocycles. The Balaban J connectivity index is 2.20. The van der Waals surface area contributed by atoms with E-state index in [1.807, 2.05) is 0 Å². The maximum atomic E-state index is 12.3. The summed E-state index contributed by atoms with van der Waals surface area (Å²) in [5.74, 6) is -0.299. The van der Waals surface area contributed by atoms with Crippen molar-refractivity contribution in [3.63, 3.8) is 0 Å². The fraction of sp³-hybridized carbons (Fsp3) is 0.235. The highest BCUT2D eigenvalue weighted by atomic mass is 16.5. The Morgan fingerprint density at radius 1 is 1.05 bits per heavy atom. The first-order chi connectivity index (χ1) is 10.6. The molecular formula is C17H18O5. The molecule has 2 rings (SSSR count). The van der Waals surface area contributed by atoms with Crippen molar-refractivity contribution in [3.8, 4) is 23.0 Å². The Kier molecular flexibility index (Phi) is 4.88. The Hall–Kier alpha value is -2.69. The summed E-state index contributed by atoms with van der Waals surface area (Å²) >= 11 is 0. The fourth-order valence-corrected chi connectivity index (χ4v) is 2.08. The molecule has 0 bridgehead atoms. The van der Waals surface area contributed by atoms with Gasteiger partial charge < -0.3 is 19.7 Å². The lowest BCUT2D eigenvalue weighted by Gasteiger charge is -2.10. The number of hydrogen-bond donors (Lipinski definition) is 2. The van der Waals surface area contributed by atoms with Crippen molar-refractivity contribution in [2.24, 2.45) is 0 Å². The van der Waals surface area contributed by atoms with Crippen LogP contribution in [-0.4, -0.2) is 29.7 Å². The van der Waals surface area contributed by atoms with E-state index < -0.39 is 11.5 Å². The van der Waals surface area contributed by atoms with Crippen LogP contribution >= 0.6 is 0 Å². The van der Waals surface area contributed by atoms with Crippen LogP contribution in [0.1, 0.15) is 22.8 Å². The molecule has 0 aliphatic carbocycles. The molecule has 0 saturated heterocycles. The highest BCUT2D eigenvalue weighted by Gasteiger charge is 2.18. The van der Waals surface area contributed by atoms with Gasteiger partial charge >= 0.3 is 0 Å². The maximum absolute atomic E-state index is 12.3. The van der Waals surface area contributed by atoms with Crippen LogP contribution in [0.25, 0.3) is 0 Å². The molecule has 0 atom stereocenters. The van der Waals surface area contributed by atoms with E-state index in [0.717, 1.165) is 5.56 Å². The van der Waals surface area contributed by atoms with Gasteiger partial charge in [0.1, 0.15) is 5.75 Å². The number of ketones is 1. The van der Waals surface area contributed by atoms with Gasteiger partial charge in [-0.25, -0.2) is 0 Å². The molecule has 22 heavy (non-hydrogen) atoms. The van der Waals surface area contributed by atoms with Crippen molar-refractivity contribution < 1.29 is 24.5 Å². The zero-order valence-electron chi connectivity index (χ0n) is 12.5. The zero-order chi connectivity index (χ0) is 16.1. The third-order valence-electron chi connectivity index (χ3n) is 3.24. The van der Waals surface area contributed by atoms with Gasteiger partial charge in [-0.3, -0.25) is 4.79 Å². The Bertz CT molecular complexity index is 661. The monoisotopic (exact) mass is 302 g/mol. The lowest BCUT2D eigenvalue weighted by Crippen LogP contribution is -2.04. The van der Waals surface area contributed by atoms with Crippen LogP contribution in [0, 0.1) is 0 Å². The predicted octanol–water partition coefficient (Wildman–Crippen LogP) is 2.93. The quantitative estimate of drug-likeness (QED) is 0.634. The van der Waals surface area contributed by atoms with Crippen LogP contribution in [0.15, 0.2) is 36.4 Å². The minimum atomic E-state index is -0.454. The Labute approximate surface area is 128 Å². The number of phenolic OH excluding ortho intramolecular Hbond substituents is 2. The summed E-state index contributed by atoms with van der Waals surface area (Å²) in [4.78, 5) is 12.3. The molecule has 0 radical (unpaired) electrons. The van der Waals surface area contributed by atoms with Crippen molar-refractivity contribution in [3.05, 3.63) is 47.5 Å². The van der Waals surface area contributed by atoms with Crippen LogP contribution in [0.5, 0.6) is 23.0 Å². The van der Waals surface area contributed by atoms with Crippen LogP contribution in [-0.2, 0) is 6.42 Å². The van der Waals surface area contributed by atoms with Crippen LogP contribution in [0.4, 0.5) is 0 Å². The highest BCUT2D eigenvalue weighted by Crippen LogP contribution is 2.38. The topological polar surface area (TPSA) is 76.0 Å². The van der Waals surface area contributed by atoms with Gasteiger partial charge in [0, 0.05) is 6.42 Å². The van der Waals surface area contributed by atoms with E-state index >= 15 is 0 Å². The second-order valence-corrected chi connectivity index (χ2v) is 4.69. The molecule has 2 aromatic rings. The lowest BCUT2D eigenvalue weighted by atomic mass is 10.0. The van der Waals surface area contributed by atoms with Gasteiger partial charge in [0.05, 0.1) is 19.3 Å². The molecule has 0 amide bonds. The number of ether oxygens (including phenoxy) is 2. The van der Waals surface area contributed by atoms with E-state index in [2.05, 4.69) is 0 Å². The lowest BCUT2D eigenvalue weighted by molar-refractivity contribution is 0.0989. The van der Waals surface area contributed by atoms with Gasteiger partial charge in [-0.15, -0.1) is 0 Å². The van der Waals surface area contributed by atoms with Gasteiger partial charge in [0.2, 0.25) is 5.75 Å². The largest absolute Gasteiger partial charge is 0.504 e. The number of rotatable bonds is 6. The van der Waals surface area contributed by atoms with Gasteiger partial charge in [-0.1, -0.05) is 12.1 Å². The average molecular weight is 302 g/mol. The van der Waals surface area contributed by atoms with E-state index in [0.29, 0.717) is 12.4 Å². The first-order valence-corrected chi connectivity index (χ1v) is 6.90. The summed E-state index contributed by atoms with van der Waals surface area (Å²) in [6.45, 7) is 2.12. The first kappa shape index (κ1) is 15.7. The van der Waals surface area contributed by atoms with Crippen LogP contribution in [0.2, 0.25) is 0 Å². The molecule has 5 heteroatoms. The van der Waals surface area contributed by atoms with Crippen LogP contribution in [0.3, 0.4) is 0 Å². The number of carbonyl (C=O) groups is 1. The number of aromatic hydroxyl groups is 2. The third kappa shape index (κ3) is 3.31. The molecule has 0 spiro atoms. The van der Waals surface area contributed by atoms with Crippen molar-refractivity contribution in [1.82, 2.24) is 0 Å². The molecule has 2 N–H and O–H groups in total. The van der Waals surface area contributed by atoms with Crippen molar-refractivity contribution in [2.45, 2.75) is 13.3 Å². The van der Waals surface area contributed by atoms with Gasteiger partial charge in [0.15, 0.2) is 17.3 Å². The molecular weight excluding hydrogens is 284 g/mol. The van der Waals surface area contributed by atoms with Gasteiger partial charge in [0.25, 0.3) is 0 Å². The van der Waals surface area contributed by atoms with E-state index in [1.54, 1.807) is 38.3 Å². The molecule has 2 aromatic carbocycles. The van der Waals surface area contributed by atoms with Crippen LogP contribution < -0.4 is 9.47 Å². The van der Waals surface area contributed by atoms with E-state index in [1.165, 1.54) is 12.1 Å². The second kappa shape index (κ2) is 6.85. The number of methoxy groups -OCH3 is 1. The number of benzene rings is 2. The average Bonchev–Trinajstić information content (AvgIpc) is 2.53. The summed E-state index contributed by atoms with van der Waals surface area (Å²) in [5.41, 5.74) is 0.857. The SMILES string of the molecule is CCOc1ccc(C(=O)Cc2ccc(OC)cc2)c(O)c1O. The summed E-state index contributed by atoms with van der Waals surface area (Å²) in [5, 5.41) is 19.8. The summed E-state index contributed by atoms with van der Waals surface area (Å²) < 4.78 is 10.2. The van der Waals surface area contributed by atoms with Crippen molar-refractivity contribution >= 4 is 5.78 Å². The Morgan fingerprint density at radius 3 is 2.32 bits per heavy atom. The maximum Gasteiger partial charge on any atom is 0.201 e. The molecule has 5 nitrogen and oxygen atoms in total. The first-order valence-electron chi connectivity index (χ1n) is 6.90. The normalized spacial score (nSPS) is 10.3. The molecule has 0 aromatic heterocycles. The molecule has 0 unspecified atom stereocenters. The predicted molar refractivity (Wildman–Crippen MR) is 82.0 cm³/mol. The summed E-state index contributed by atoms with van der Waals surface area (Å²) in [7, 11) is 1.57. The number of carbonyl (C=O) groups excluding carboxylic acids is 1. The summed E-state index contributed by atoms with van der Waals surface area (Å²) in [6, 6.07) is 10.0. The van der Waals surface area contributed by atoms with Crippen molar-refractivity contribution in [2.75, 3.05) is 13.7 Å². The smallest absolute Gasteiger partial charge is 0.201 e. The minimum Gasteiger partial charge on any atom is -0.504 e. The molecule has 0 heterocycles. The van der Waals surface area contributed by atoms with E-state index in [4.69, 9.17) is 9.47 Å². The number of Topliss-reactive ketones (excluding diaryl/α,β-unsaturated/α-hetero) is 1. The molecule has 0 saturated carbocycles. The number of hydrogen-bond acceptors (Lipinski definition) is 5. The van der Waals surface area contributed by atoms with E-state index in [-0.39, 0.29) is 23.5 Å². The van der Waals surface area contributed by atoms with E-state index in [9.17, 15) is 15.0 Å².